The lowest BCUT2D eigenvalue weighted by Crippen LogP contribution is -2.46. The normalized spacial score (nSPS) is 23.1. The number of hydrogen-bond donors (Lipinski definition) is 2. The topological polar surface area (TPSA) is 52.6 Å². The summed E-state index contributed by atoms with van der Waals surface area (Å²) < 4.78 is 13.6. The first-order chi connectivity index (χ1) is 10.5. The highest BCUT2D eigenvalue weighted by atomic mass is 19.1. The average Bonchev–Trinajstić information content (AvgIpc) is 2.86. The Balaban J connectivity index is 1.89. The van der Waals surface area contributed by atoms with E-state index in [0.717, 1.165) is 13.1 Å². The SMILES string of the molecule is CN=C(NCc1ncccc1F)NC1CN(C(C)C)CC1C. The molecule has 2 unspecified atom stereocenters. The number of nitrogens with zero attached hydrogens (tertiary/aromatic N) is 3. The van der Waals surface area contributed by atoms with Crippen LogP contribution in [0, 0.1) is 11.7 Å². The smallest absolute Gasteiger partial charge is 0.191 e. The third-order valence-corrected chi connectivity index (χ3v) is 4.17. The molecule has 2 rings (SSSR count). The zero-order chi connectivity index (χ0) is 16.1. The zero-order valence-electron chi connectivity index (χ0n) is 13.8. The van der Waals surface area contributed by atoms with E-state index in [1.807, 2.05) is 0 Å². The Morgan fingerprint density at radius 2 is 2.27 bits per heavy atom. The Hall–Kier alpha value is -1.69. The molecule has 5 nitrogen and oxygen atoms in total. The van der Waals surface area contributed by atoms with Gasteiger partial charge in [-0.2, -0.15) is 0 Å². The first-order valence-corrected chi connectivity index (χ1v) is 7.82. The lowest BCUT2D eigenvalue weighted by atomic mass is 10.1. The molecule has 2 heterocycles. The number of guanidine groups is 1. The Kier molecular flexibility index (Phi) is 5.71. The molecule has 1 aromatic rings. The van der Waals surface area contributed by atoms with Crippen LogP contribution in [0.25, 0.3) is 0 Å². The summed E-state index contributed by atoms with van der Waals surface area (Å²) in [5.41, 5.74) is 0.397. The van der Waals surface area contributed by atoms with Gasteiger partial charge in [0.25, 0.3) is 0 Å². The van der Waals surface area contributed by atoms with Crippen LogP contribution in [0.4, 0.5) is 4.39 Å². The molecular formula is C16H26FN5. The van der Waals surface area contributed by atoms with E-state index in [1.165, 1.54) is 6.07 Å². The van der Waals surface area contributed by atoms with Crippen LogP contribution in [-0.2, 0) is 6.54 Å². The van der Waals surface area contributed by atoms with Gasteiger partial charge in [0, 0.05) is 38.4 Å². The van der Waals surface area contributed by atoms with Crippen LogP contribution in [0.1, 0.15) is 26.5 Å². The summed E-state index contributed by atoms with van der Waals surface area (Å²) >= 11 is 0. The molecule has 2 atom stereocenters. The second-order valence-corrected chi connectivity index (χ2v) is 6.13. The van der Waals surface area contributed by atoms with Gasteiger partial charge < -0.3 is 10.6 Å². The molecule has 1 saturated heterocycles. The van der Waals surface area contributed by atoms with Crippen LogP contribution >= 0.6 is 0 Å². The number of hydrogen-bond acceptors (Lipinski definition) is 3. The van der Waals surface area contributed by atoms with Crippen molar-refractivity contribution in [1.82, 2.24) is 20.5 Å². The lowest BCUT2D eigenvalue weighted by Gasteiger charge is -2.21. The van der Waals surface area contributed by atoms with E-state index >= 15 is 0 Å². The molecule has 6 heteroatoms. The fourth-order valence-electron chi connectivity index (χ4n) is 2.70. The molecule has 0 spiro atoms. The first kappa shape index (κ1) is 16.7. The fraction of sp³-hybridized carbons (Fsp3) is 0.625. The highest BCUT2D eigenvalue weighted by Crippen LogP contribution is 2.18. The van der Waals surface area contributed by atoms with Crippen molar-refractivity contribution in [3.63, 3.8) is 0 Å². The van der Waals surface area contributed by atoms with Crippen molar-refractivity contribution in [2.45, 2.75) is 39.4 Å². The van der Waals surface area contributed by atoms with Gasteiger partial charge >= 0.3 is 0 Å². The van der Waals surface area contributed by atoms with E-state index in [0.29, 0.717) is 36.2 Å². The number of halogens is 1. The van der Waals surface area contributed by atoms with Crippen molar-refractivity contribution in [3.05, 3.63) is 29.8 Å². The molecule has 0 saturated carbocycles. The molecule has 0 aromatic carbocycles. The first-order valence-electron chi connectivity index (χ1n) is 7.82. The molecule has 0 amide bonds. The molecule has 0 aliphatic carbocycles. The van der Waals surface area contributed by atoms with Gasteiger partial charge in [-0.05, 0) is 31.9 Å². The maximum atomic E-state index is 13.6. The number of nitrogens with one attached hydrogen (secondary N) is 2. The third-order valence-electron chi connectivity index (χ3n) is 4.17. The Bertz CT molecular complexity index is 517. The second-order valence-electron chi connectivity index (χ2n) is 6.13. The van der Waals surface area contributed by atoms with Crippen molar-refractivity contribution in [3.8, 4) is 0 Å². The largest absolute Gasteiger partial charge is 0.352 e. The fourth-order valence-corrected chi connectivity index (χ4v) is 2.70. The molecule has 1 fully saturated rings. The van der Waals surface area contributed by atoms with Crippen LogP contribution in [0.2, 0.25) is 0 Å². The van der Waals surface area contributed by atoms with Crippen molar-refractivity contribution in [2.24, 2.45) is 10.9 Å². The zero-order valence-corrected chi connectivity index (χ0v) is 13.8. The molecule has 2 N–H and O–H groups in total. The molecular weight excluding hydrogens is 281 g/mol. The van der Waals surface area contributed by atoms with Crippen LogP contribution < -0.4 is 10.6 Å². The molecule has 0 radical (unpaired) electrons. The van der Waals surface area contributed by atoms with Gasteiger partial charge in [-0.1, -0.05) is 6.92 Å². The number of aliphatic imine (C=N–C) groups is 1. The number of aromatic nitrogens is 1. The minimum atomic E-state index is -0.300. The van der Waals surface area contributed by atoms with Crippen molar-refractivity contribution in [2.75, 3.05) is 20.1 Å². The van der Waals surface area contributed by atoms with E-state index in [4.69, 9.17) is 0 Å². The summed E-state index contributed by atoms with van der Waals surface area (Å²) in [5.74, 6) is 0.936. The quantitative estimate of drug-likeness (QED) is 0.655. The predicted molar refractivity (Wildman–Crippen MR) is 87.2 cm³/mol. The van der Waals surface area contributed by atoms with Crippen LogP contribution in [0.3, 0.4) is 0 Å². The molecule has 0 bridgehead atoms. The van der Waals surface area contributed by atoms with Crippen molar-refractivity contribution < 1.29 is 4.39 Å². The van der Waals surface area contributed by atoms with Gasteiger partial charge in [0.2, 0.25) is 0 Å². The number of likely N-dealkylation sites (tertiary alicyclic amines) is 1. The Labute approximate surface area is 132 Å². The molecule has 122 valence electrons. The van der Waals surface area contributed by atoms with Gasteiger partial charge in [0.05, 0.1) is 12.2 Å². The summed E-state index contributed by atoms with van der Waals surface area (Å²) in [6.07, 6.45) is 1.59. The minimum Gasteiger partial charge on any atom is -0.352 e. The summed E-state index contributed by atoms with van der Waals surface area (Å²) in [6, 6.07) is 3.90. The molecule has 22 heavy (non-hydrogen) atoms. The van der Waals surface area contributed by atoms with Gasteiger partial charge in [-0.15, -0.1) is 0 Å². The van der Waals surface area contributed by atoms with Gasteiger partial charge in [0.15, 0.2) is 5.96 Å². The van der Waals surface area contributed by atoms with E-state index in [1.54, 1.807) is 19.3 Å². The van der Waals surface area contributed by atoms with E-state index in [-0.39, 0.29) is 5.82 Å². The van der Waals surface area contributed by atoms with Gasteiger partial charge in [-0.25, -0.2) is 4.39 Å². The predicted octanol–water partition coefficient (Wildman–Crippen LogP) is 1.61. The highest BCUT2D eigenvalue weighted by Gasteiger charge is 2.31. The van der Waals surface area contributed by atoms with E-state index < -0.39 is 0 Å². The third kappa shape index (κ3) is 4.16. The Morgan fingerprint density at radius 3 is 2.86 bits per heavy atom. The van der Waals surface area contributed by atoms with Crippen LogP contribution in [0.15, 0.2) is 23.3 Å². The number of rotatable bonds is 4. The van der Waals surface area contributed by atoms with E-state index in [9.17, 15) is 4.39 Å². The van der Waals surface area contributed by atoms with Gasteiger partial charge in [-0.3, -0.25) is 14.9 Å². The molecule has 1 aliphatic heterocycles. The van der Waals surface area contributed by atoms with E-state index in [2.05, 4.69) is 46.3 Å². The highest BCUT2D eigenvalue weighted by molar-refractivity contribution is 5.80. The monoisotopic (exact) mass is 307 g/mol. The Morgan fingerprint density at radius 1 is 1.50 bits per heavy atom. The second kappa shape index (κ2) is 7.54. The number of pyridine rings is 1. The van der Waals surface area contributed by atoms with Crippen molar-refractivity contribution in [1.29, 1.82) is 0 Å². The van der Waals surface area contributed by atoms with Gasteiger partial charge in [0.1, 0.15) is 5.82 Å². The van der Waals surface area contributed by atoms with Crippen molar-refractivity contribution >= 4 is 5.96 Å². The van der Waals surface area contributed by atoms with Crippen LogP contribution in [0.5, 0.6) is 0 Å². The summed E-state index contributed by atoms with van der Waals surface area (Å²) in [5, 5.41) is 6.57. The lowest BCUT2D eigenvalue weighted by molar-refractivity contribution is 0.265. The standard InChI is InChI=1S/C16H26FN5/c1-11(2)22-9-12(3)15(10-22)21-16(18-4)20-8-14-13(17)6-5-7-19-14/h5-7,11-12,15H,8-10H2,1-4H3,(H2,18,20,21). The average molecular weight is 307 g/mol. The summed E-state index contributed by atoms with van der Waals surface area (Å²) in [6.45, 7) is 9.07. The molecule has 1 aromatic heterocycles. The summed E-state index contributed by atoms with van der Waals surface area (Å²) in [7, 11) is 1.73. The molecule has 1 aliphatic rings. The minimum absolute atomic E-state index is 0.300. The maximum Gasteiger partial charge on any atom is 0.191 e. The summed E-state index contributed by atoms with van der Waals surface area (Å²) in [4.78, 5) is 10.7. The maximum absolute atomic E-state index is 13.6. The van der Waals surface area contributed by atoms with Crippen LogP contribution in [-0.4, -0.2) is 48.1 Å².